The molecule has 1 aliphatic heterocycles. The van der Waals surface area contributed by atoms with Gasteiger partial charge in [-0.05, 0) is 49.2 Å². The van der Waals surface area contributed by atoms with Crippen LogP contribution in [0.4, 0.5) is 5.69 Å². The second-order valence-electron chi connectivity index (χ2n) is 7.15. The highest BCUT2D eigenvalue weighted by molar-refractivity contribution is 8.02. The van der Waals surface area contributed by atoms with E-state index in [1.807, 2.05) is 0 Å². The molecule has 2 aliphatic rings. The molecule has 0 radical (unpaired) electrons. The van der Waals surface area contributed by atoms with E-state index < -0.39 is 10.0 Å². The van der Waals surface area contributed by atoms with Crippen LogP contribution in [0.15, 0.2) is 53.7 Å². The number of carbonyl (C=O) groups is 1. The lowest BCUT2D eigenvalue weighted by atomic mass is 9.95. The number of hydrogen-bond donors (Lipinski definition) is 1. The maximum atomic E-state index is 13.3. The molecule has 1 saturated carbocycles. The molecule has 148 valence electrons. The predicted octanol–water partition coefficient (Wildman–Crippen LogP) is 3.73. The van der Waals surface area contributed by atoms with Crippen LogP contribution in [0.3, 0.4) is 0 Å². The molecule has 0 bridgehead atoms. The summed E-state index contributed by atoms with van der Waals surface area (Å²) in [6.45, 7) is 0.563. The summed E-state index contributed by atoms with van der Waals surface area (Å²) in [6.07, 6.45) is 8.31. The minimum atomic E-state index is -3.55. The number of hydrogen-bond acceptors (Lipinski definition) is 5. The number of sulfonamides is 1. The number of benzene rings is 1. The smallest absolute Gasteiger partial charge is 0.255 e. The van der Waals surface area contributed by atoms with Gasteiger partial charge in [-0.2, -0.15) is 4.31 Å². The van der Waals surface area contributed by atoms with Gasteiger partial charge in [-0.25, -0.2) is 8.42 Å². The third-order valence-electron chi connectivity index (χ3n) is 5.40. The largest absolute Gasteiger partial charge is 0.322 e. The first-order valence-electron chi connectivity index (χ1n) is 9.50. The molecule has 28 heavy (non-hydrogen) atoms. The Morgan fingerprint density at radius 1 is 1.04 bits per heavy atom. The second-order valence-corrected chi connectivity index (χ2v) is 10.5. The average molecular weight is 418 g/mol. The highest BCUT2D eigenvalue weighted by atomic mass is 32.2. The van der Waals surface area contributed by atoms with E-state index in [-0.39, 0.29) is 15.7 Å². The lowest BCUT2D eigenvalue weighted by Gasteiger charge is -2.39. The van der Waals surface area contributed by atoms with E-state index in [0.717, 1.165) is 31.4 Å². The van der Waals surface area contributed by atoms with Crippen molar-refractivity contribution in [2.75, 3.05) is 17.6 Å². The van der Waals surface area contributed by atoms with Crippen LogP contribution in [0.5, 0.6) is 0 Å². The van der Waals surface area contributed by atoms with Crippen LogP contribution >= 0.6 is 11.8 Å². The van der Waals surface area contributed by atoms with E-state index >= 15 is 0 Å². The lowest BCUT2D eigenvalue weighted by molar-refractivity contribution is 0.102. The van der Waals surface area contributed by atoms with Gasteiger partial charge in [-0.3, -0.25) is 9.78 Å². The molecule has 1 aromatic heterocycles. The maximum Gasteiger partial charge on any atom is 0.255 e. The van der Waals surface area contributed by atoms with Crippen LogP contribution in [-0.2, 0) is 10.0 Å². The van der Waals surface area contributed by atoms with E-state index in [9.17, 15) is 13.2 Å². The number of anilines is 1. The zero-order valence-electron chi connectivity index (χ0n) is 15.5. The Labute approximate surface area is 169 Å². The van der Waals surface area contributed by atoms with Gasteiger partial charge in [-0.1, -0.05) is 19.3 Å². The number of thioether (sulfide) groups is 1. The van der Waals surface area contributed by atoms with Crippen molar-refractivity contribution in [3.63, 3.8) is 0 Å². The molecular formula is C20H23N3O3S2. The number of nitrogens with zero attached hydrogens (tertiary/aromatic N) is 2. The molecular weight excluding hydrogens is 394 g/mol. The third-order valence-corrected chi connectivity index (χ3v) is 9.05. The normalized spacial score (nSPS) is 19.6. The first-order chi connectivity index (χ1) is 13.5. The van der Waals surface area contributed by atoms with Gasteiger partial charge < -0.3 is 5.32 Å². The fraction of sp³-hybridized carbons (Fsp3) is 0.400. The zero-order valence-corrected chi connectivity index (χ0v) is 17.1. The van der Waals surface area contributed by atoms with Crippen LogP contribution in [-0.4, -0.2) is 40.8 Å². The van der Waals surface area contributed by atoms with Crippen molar-refractivity contribution in [2.24, 2.45) is 0 Å². The highest BCUT2D eigenvalue weighted by Gasteiger charge is 2.48. The molecule has 1 N–H and O–H groups in total. The van der Waals surface area contributed by atoms with E-state index in [4.69, 9.17) is 0 Å². The molecule has 1 aromatic carbocycles. The molecule has 1 aliphatic carbocycles. The Morgan fingerprint density at radius 2 is 1.71 bits per heavy atom. The first-order valence-corrected chi connectivity index (χ1v) is 11.9. The van der Waals surface area contributed by atoms with Gasteiger partial charge in [0.05, 0.1) is 9.77 Å². The highest BCUT2D eigenvalue weighted by Crippen LogP contribution is 2.48. The SMILES string of the molecule is O=C(Nc1ccc(S(=O)(=O)N2CCSC23CCCCC3)cc1)c1ccncc1. The average Bonchev–Trinajstić information content (AvgIpc) is 3.13. The van der Waals surface area contributed by atoms with E-state index in [0.29, 0.717) is 17.8 Å². The van der Waals surface area contributed by atoms with Crippen LogP contribution < -0.4 is 5.32 Å². The topological polar surface area (TPSA) is 79.4 Å². The van der Waals surface area contributed by atoms with Gasteiger partial charge in [0.2, 0.25) is 10.0 Å². The van der Waals surface area contributed by atoms with E-state index in [1.165, 1.54) is 6.42 Å². The first kappa shape index (κ1) is 19.4. The van der Waals surface area contributed by atoms with Crippen LogP contribution in [0.25, 0.3) is 0 Å². The lowest BCUT2D eigenvalue weighted by Crippen LogP contribution is -2.46. The van der Waals surface area contributed by atoms with Gasteiger partial charge in [0.15, 0.2) is 0 Å². The molecule has 8 heteroatoms. The maximum absolute atomic E-state index is 13.3. The predicted molar refractivity (Wildman–Crippen MR) is 111 cm³/mol. The number of rotatable bonds is 4. The molecule has 2 aromatic rings. The van der Waals surface area contributed by atoms with Gasteiger partial charge in [-0.15, -0.1) is 11.8 Å². The monoisotopic (exact) mass is 417 g/mol. The van der Waals surface area contributed by atoms with Crippen LogP contribution in [0, 0.1) is 0 Å². The number of pyridine rings is 1. The quantitative estimate of drug-likeness (QED) is 0.820. The number of aromatic nitrogens is 1. The van der Waals surface area contributed by atoms with Crippen LogP contribution in [0.1, 0.15) is 42.5 Å². The molecule has 4 rings (SSSR count). The molecule has 1 spiro atoms. The van der Waals surface area contributed by atoms with Crippen molar-refractivity contribution in [3.05, 3.63) is 54.4 Å². The van der Waals surface area contributed by atoms with Crippen molar-refractivity contribution in [1.29, 1.82) is 0 Å². The Kier molecular flexibility index (Phi) is 5.44. The van der Waals surface area contributed by atoms with E-state index in [2.05, 4.69) is 10.3 Å². The van der Waals surface area contributed by atoms with Crippen molar-refractivity contribution in [2.45, 2.75) is 41.9 Å². The summed E-state index contributed by atoms with van der Waals surface area (Å²) in [5.41, 5.74) is 1.06. The van der Waals surface area contributed by atoms with Crippen LogP contribution in [0.2, 0.25) is 0 Å². The summed E-state index contributed by atoms with van der Waals surface area (Å²) in [4.78, 5) is 16.1. The third kappa shape index (κ3) is 3.68. The van der Waals surface area contributed by atoms with Gasteiger partial charge >= 0.3 is 0 Å². The summed E-state index contributed by atoms with van der Waals surface area (Å²) in [5.74, 6) is 0.592. The number of carbonyl (C=O) groups excluding carboxylic acids is 1. The summed E-state index contributed by atoms with van der Waals surface area (Å²) >= 11 is 1.79. The second kappa shape index (κ2) is 7.85. The Balaban J connectivity index is 1.52. The molecule has 1 amide bonds. The summed E-state index contributed by atoms with van der Waals surface area (Å²) < 4.78 is 28.3. The molecule has 2 fully saturated rings. The molecule has 0 unspecified atom stereocenters. The van der Waals surface area contributed by atoms with Gasteiger partial charge in [0.1, 0.15) is 0 Å². The fourth-order valence-corrected chi connectivity index (χ4v) is 7.70. The van der Waals surface area contributed by atoms with Crippen molar-refractivity contribution in [3.8, 4) is 0 Å². The summed E-state index contributed by atoms with van der Waals surface area (Å²) in [5, 5.41) is 2.78. The molecule has 1 saturated heterocycles. The Bertz CT molecular complexity index is 940. The minimum Gasteiger partial charge on any atom is -0.322 e. The molecule has 2 heterocycles. The molecule has 0 atom stereocenters. The Morgan fingerprint density at radius 3 is 2.39 bits per heavy atom. The van der Waals surface area contributed by atoms with Crippen molar-refractivity contribution >= 4 is 33.4 Å². The zero-order chi connectivity index (χ0) is 19.6. The Hall–Kier alpha value is -1.90. The van der Waals surface area contributed by atoms with Crippen molar-refractivity contribution in [1.82, 2.24) is 9.29 Å². The van der Waals surface area contributed by atoms with Crippen molar-refractivity contribution < 1.29 is 13.2 Å². The van der Waals surface area contributed by atoms with E-state index in [1.54, 1.807) is 64.9 Å². The number of nitrogens with one attached hydrogen (secondary N) is 1. The van der Waals surface area contributed by atoms with Gasteiger partial charge in [0.25, 0.3) is 5.91 Å². The standard InChI is InChI=1S/C20H23N3O3S2/c24-19(16-8-12-21-13-9-16)22-17-4-6-18(7-5-17)28(25,26)23-14-15-27-20(23)10-2-1-3-11-20/h4-9,12-13H,1-3,10-11,14-15H2,(H,22,24). The minimum absolute atomic E-state index is 0.255. The summed E-state index contributed by atoms with van der Waals surface area (Å²) in [7, 11) is -3.55. The fourth-order valence-electron chi connectivity index (χ4n) is 3.98. The van der Waals surface area contributed by atoms with Gasteiger partial charge in [0, 0.05) is 35.9 Å². The molecule has 6 nitrogen and oxygen atoms in total. The summed E-state index contributed by atoms with van der Waals surface area (Å²) in [6, 6.07) is 9.70. The number of amides is 1.